The van der Waals surface area contributed by atoms with Gasteiger partial charge in [-0.3, -0.25) is 4.79 Å². The predicted molar refractivity (Wildman–Crippen MR) is 81.0 cm³/mol. The van der Waals surface area contributed by atoms with Gasteiger partial charge in [-0.05, 0) is 30.7 Å². The lowest BCUT2D eigenvalue weighted by Crippen LogP contribution is -2.19. The second kappa shape index (κ2) is 6.75. The highest BCUT2D eigenvalue weighted by molar-refractivity contribution is 5.92. The van der Waals surface area contributed by atoms with E-state index in [4.69, 9.17) is 4.74 Å². The van der Waals surface area contributed by atoms with Crippen molar-refractivity contribution in [2.24, 2.45) is 5.92 Å². The van der Waals surface area contributed by atoms with Gasteiger partial charge < -0.3 is 10.1 Å². The number of nitrogens with one attached hydrogen (secondary N) is 1. The van der Waals surface area contributed by atoms with E-state index in [1.54, 1.807) is 0 Å². The smallest absolute Gasteiger partial charge is 0.227 e. The Morgan fingerprint density at radius 3 is 2.50 bits per heavy atom. The van der Waals surface area contributed by atoms with Crippen LogP contribution in [0.2, 0.25) is 0 Å². The molecule has 2 aromatic rings. The van der Waals surface area contributed by atoms with Gasteiger partial charge in [-0.1, -0.05) is 38.1 Å². The molecule has 1 amide bonds. The molecule has 1 unspecified atom stereocenters. The number of amides is 1. The van der Waals surface area contributed by atoms with E-state index in [0.29, 0.717) is 5.75 Å². The van der Waals surface area contributed by atoms with E-state index in [1.165, 1.54) is 0 Å². The minimum atomic E-state index is 0.00805. The molecule has 0 bridgehead atoms. The maximum absolute atomic E-state index is 11.9. The molecule has 2 aromatic carbocycles. The quantitative estimate of drug-likeness (QED) is 0.870. The molecule has 0 radical (unpaired) electrons. The van der Waals surface area contributed by atoms with Crippen molar-refractivity contribution >= 4 is 11.6 Å². The van der Waals surface area contributed by atoms with Crippen LogP contribution in [0.25, 0.3) is 0 Å². The third kappa shape index (κ3) is 3.85. The van der Waals surface area contributed by atoms with Gasteiger partial charge in [0.25, 0.3) is 0 Å². The molecular formula is C17H19NO2. The molecule has 0 spiro atoms. The molecule has 2 rings (SSSR count). The topological polar surface area (TPSA) is 38.3 Å². The third-order valence-electron chi connectivity index (χ3n) is 3.14. The van der Waals surface area contributed by atoms with Crippen molar-refractivity contribution in [1.29, 1.82) is 0 Å². The molecule has 0 fully saturated rings. The first-order valence-electron chi connectivity index (χ1n) is 6.83. The Morgan fingerprint density at radius 1 is 1.10 bits per heavy atom. The summed E-state index contributed by atoms with van der Waals surface area (Å²) in [6.45, 7) is 3.92. The number of carbonyl (C=O) groups is 1. The van der Waals surface area contributed by atoms with Crippen molar-refractivity contribution in [3.05, 3.63) is 54.6 Å². The predicted octanol–water partition coefficient (Wildman–Crippen LogP) is 4.46. The summed E-state index contributed by atoms with van der Waals surface area (Å²) >= 11 is 0. The van der Waals surface area contributed by atoms with Gasteiger partial charge in [0, 0.05) is 17.7 Å². The summed E-state index contributed by atoms with van der Waals surface area (Å²) in [7, 11) is 0. The number of carbonyl (C=O) groups excluding carboxylic acids is 1. The molecule has 3 nitrogen and oxygen atoms in total. The highest BCUT2D eigenvalue weighted by atomic mass is 16.5. The van der Waals surface area contributed by atoms with Gasteiger partial charge in [-0.25, -0.2) is 0 Å². The molecule has 1 N–H and O–H groups in total. The third-order valence-corrected chi connectivity index (χ3v) is 3.14. The highest BCUT2D eigenvalue weighted by Gasteiger charge is 2.10. The summed E-state index contributed by atoms with van der Waals surface area (Å²) < 4.78 is 5.74. The number of anilines is 1. The molecule has 0 aliphatic carbocycles. The molecule has 3 heteroatoms. The molecule has 0 saturated heterocycles. The average Bonchev–Trinajstić information content (AvgIpc) is 2.47. The molecule has 20 heavy (non-hydrogen) atoms. The number of ether oxygens (including phenoxy) is 1. The Labute approximate surface area is 119 Å². The maximum atomic E-state index is 11.9. The molecule has 0 aliphatic heterocycles. The lowest BCUT2D eigenvalue weighted by atomic mass is 10.1. The monoisotopic (exact) mass is 269 g/mol. The Bertz CT molecular complexity index is 566. The fraction of sp³-hybridized carbons (Fsp3) is 0.235. The van der Waals surface area contributed by atoms with Gasteiger partial charge in [0.1, 0.15) is 11.5 Å². The summed E-state index contributed by atoms with van der Waals surface area (Å²) in [6, 6.07) is 17.0. The van der Waals surface area contributed by atoms with Crippen LogP contribution >= 0.6 is 0 Å². The van der Waals surface area contributed by atoms with Gasteiger partial charge in [-0.2, -0.15) is 0 Å². The first kappa shape index (κ1) is 14.1. The SMILES string of the molecule is CCC(C)C(=O)Nc1cccc(Oc2ccccc2)c1. The number of para-hydroxylation sites is 1. The summed E-state index contributed by atoms with van der Waals surface area (Å²) in [5, 5.41) is 2.90. The Balaban J connectivity index is 2.06. The van der Waals surface area contributed by atoms with Crippen LogP contribution < -0.4 is 10.1 Å². The van der Waals surface area contributed by atoms with Crippen molar-refractivity contribution in [1.82, 2.24) is 0 Å². The first-order chi connectivity index (χ1) is 9.69. The number of benzene rings is 2. The van der Waals surface area contributed by atoms with Gasteiger partial charge in [0.15, 0.2) is 0 Å². The fourth-order valence-corrected chi connectivity index (χ4v) is 1.71. The average molecular weight is 269 g/mol. The van der Waals surface area contributed by atoms with Gasteiger partial charge in [0.2, 0.25) is 5.91 Å². The van der Waals surface area contributed by atoms with Crippen LogP contribution in [0.5, 0.6) is 11.5 Å². The normalized spacial score (nSPS) is 11.7. The van der Waals surface area contributed by atoms with E-state index in [9.17, 15) is 4.79 Å². The summed E-state index contributed by atoms with van der Waals surface area (Å²) in [5.41, 5.74) is 0.753. The zero-order valence-electron chi connectivity index (χ0n) is 11.8. The molecule has 0 aliphatic rings. The number of hydrogen-bond donors (Lipinski definition) is 1. The molecule has 0 heterocycles. The van der Waals surface area contributed by atoms with Crippen LogP contribution in [-0.2, 0) is 4.79 Å². The number of rotatable bonds is 5. The summed E-state index contributed by atoms with van der Waals surface area (Å²) in [5.74, 6) is 1.52. The minimum absolute atomic E-state index is 0.00805. The molecule has 0 aromatic heterocycles. The first-order valence-corrected chi connectivity index (χ1v) is 6.83. The standard InChI is InChI=1S/C17H19NO2/c1-3-13(2)17(19)18-14-8-7-11-16(12-14)20-15-9-5-4-6-10-15/h4-13H,3H2,1-2H3,(H,18,19). The van der Waals surface area contributed by atoms with E-state index in [1.807, 2.05) is 68.4 Å². The fourth-order valence-electron chi connectivity index (χ4n) is 1.71. The van der Waals surface area contributed by atoms with Crippen molar-refractivity contribution in [2.75, 3.05) is 5.32 Å². The van der Waals surface area contributed by atoms with Crippen molar-refractivity contribution in [3.63, 3.8) is 0 Å². The Kier molecular flexibility index (Phi) is 4.77. The molecule has 1 atom stereocenters. The molecule has 104 valence electrons. The lowest BCUT2D eigenvalue weighted by Gasteiger charge is -2.11. The van der Waals surface area contributed by atoms with Crippen LogP contribution in [0.3, 0.4) is 0 Å². The zero-order chi connectivity index (χ0) is 14.4. The Morgan fingerprint density at radius 2 is 1.80 bits per heavy atom. The number of hydrogen-bond acceptors (Lipinski definition) is 2. The van der Waals surface area contributed by atoms with Crippen LogP contribution in [0.15, 0.2) is 54.6 Å². The van der Waals surface area contributed by atoms with E-state index in [0.717, 1.165) is 17.9 Å². The second-order valence-corrected chi connectivity index (χ2v) is 4.74. The summed E-state index contributed by atoms with van der Waals surface area (Å²) in [4.78, 5) is 11.9. The lowest BCUT2D eigenvalue weighted by molar-refractivity contribution is -0.119. The maximum Gasteiger partial charge on any atom is 0.227 e. The van der Waals surface area contributed by atoms with E-state index >= 15 is 0 Å². The molecular weight excluding hydrogens is 250 g/mol. The van der Waals surface area contributed by atoms with Crippen molar-refractivity contribution < 1.29 is 9.53 Å². The highest BCUT2D eigenvalue weighted by Crippen LogP contribution is 2.24. The largest absolute Gasteiger partial charge is 0.457 e. The molecule has 0 saturated carbocycles. The minimum Gasteiger partial charge on any atom is -0.457 e. The van der Waals surface area contributed by atoms with E-state index in [2.05, 4.69) is 5.32 Å². The van der Waals surface area contributed by atoms with Crippen LogP contribution in [0.4, 0.5) is 5.69 Å². The second-order valence-electron chi connectivity index (χ2n) is 4.74. The van der Waals surface area contributed by atoms with Gasteiger partial charge >= 0.3 is 0 Å². The van der Waals surface area contributed by atoms with E-state index < -0.39 is 0 Å². The van der Waals surface area contributed by atoms with E-state index in [-0.39, 0.29) is 11.8 Å². The van der Waals surface area contributed by atoms with Crippen molar-refractivity contribution in [2.45, 2.75) is 20.3 Å². The van der Waals surface area contributed by atoms with Gasteiger partial charge in [-0.15, -0.1) is 0 Å². The van der Waals surface area contributed by atoms with Crippen LogP contribution in [-0.4, -0.2) is 5.91 Å². The van der Waals surface area contributed by atoms with Crippen molar-refractivity contribution in [3.8, 4) is 11.5 Å². The van der Waals surface area contributed by atoms with Crippen LogP contribution in [0.1, 0.15) is 20.3 Å². The zero-order valence-corrected chi connectivity index (χ0v) is 11.8. The van der Waals surface area contributed by atoms with Gasteiger partial charge in [0.05, 0.1) is 0 Å². The summed E-state index contributed by atoms with van der Waals surface area (Å²) in [6.07, 6.45) is 0.825. The Hall–Kier alpha value is -2.29. The van der Waals surface area contributed by atoms with Crippen LogP contribution in [0, 0.1) is 5.92 Å².